The van der Waals surface area contributed by atoms with Crippen molar-refractivity contribution in [3.63, 3.8) is 0 Å². The van der Waals surface area contributed by atoms with E-state index in [0.29, 0.717) is 12.6 Å². The van der Waals surface area contributed by atoms with Crippen molar-refractivity contribution in [1.29, 1.82) is 0 Å². The first-order valence-corrected chi connectivity index (χ1v) is 5.09. The van der Waals surface area contributed by atoms with Gasteiger partial charge < -0.3 is 20.1 Å². The molecule has 0 aromatic rings. The third-order valence-electron chi connectivity index (χ3n) is 3.80. The molecule has 2 saturated heterocycles. The van der Waals surface area contributed by atoms with Crippen LogP contribution in [0.2, 0.25) is 0 Å². The van der Waals surface area contributed by atoms with Crippen LogP contribution in [-0.4, -0.2) is 35.7 Å². The number of fused-ring (bicyclic) bond motifs is 2. The first kappa shape index (κ1) is 9.77. The van der Waals surface area contributed by atoms with E-state index in [9.17, 15) is 9.90 Å². The van der Waals surface area contributed by atoms with Gasteiger partial charge in [0.1, 0.15) is 6.09 Å². The summed E-state index contributed by atoms with van der Waals surface area (Å²) in [4.78, 5) is 12.6. The van der Waals surface area contributed by atoms with Gasteiger partial charge in [0, 0.05) is 19.1 Å². The van der Waals surface area contributed by atoms with Crippen LogP contribution in [0.4, 0.5) is 4.79 Å². The highest BCUT2D eigenvalue weighted by Gasteiger charge is 2.56. The molecule has 2 atom stereocenters. The monoisotopic (exact) mass is 197 g/mol. The molecule has 0 spiro atoms. The van der Waals surface area contributed by atoms with E-state index in [-0.39, 0.29) is 11.0 Å². The maximum atomic E-state index is 11.0. The maximum Gasteiger partial charge on any atom is 0.137 e. The standard InChI is InChI=1S/C10H18N2O2/c1-9(2,3)10-4-7(11-6-10)5-12(10)8(13)14/h7,11H,4-6H2,1-3H3,(H,13,14)/p-1. The molecule has 14 heavy (non-hydrogen) atoms. The summed E-state index contributed by atoms with van der Waals surface area (Å²) >= 11 is 0. The minimum atomic E-state index is -1.02. The molecule has 0 saturated carbocycles. The summed E-state index contributed by atoms with van der Waals surface area (Å²) in [6.45, 7) is 7.63. The molecule has 2 unspecified atom stereocenters. The van der Waals surface area contributed by atoms with Gasteiger partial charge in [0.15, 0.2) is 0 Å². The molecule has 4 nitrogen and oxygen atoms in total. The van der Waals surface area contributed by atoms with Gasteiger partial charge in [-0.15, -0.1) is 0 Å². The fourth-order valence-corrected chi connectivity index (χ4v) is 2.82. The first-order valence-electron chi connectivity index (χ1n) is 5.09. The predicted molar refractivity (Wildman–Crippen MR) is 50.7 cm³/mol. The van der Waals surface area contributed by atoms with Crippen LogP contribution >= 0.6 is 0 Å². The van der Waals surface area contributed by atoms with Crippen LogP contribution in [0.1, 0.15) is 27.2 Å². The molecule has 0 radical (unpaired) electrons. The average molecular weight is 197 g/mol. The molecular formula is C10H17N2O2-. The van der Waals surface area contributed by atoms with E-state index in [4.69, 9.17) is 0 Å². The van der Waals surface area contributed by atoms with E-state index in [1.54, 1.807) is 0 Å². The lowest BCUT2D eigenvalue weighted by atomic mass is 9.73. The van der Waals surface area contributed by atoms with Crippen molar-refractivity contribution in [2.75, 3.05) is 13.1 Å². The predicted octanol–water partition coefficient (Wildman–Crippen LogP) is -0.208. The van der Waals surface area contributed by atoms with E-state index < -0.39 is 6.09 Å². The Bertz CT molecular complexity index is 272. The molecule has 2 rings (SSSR count). The van der Waals surface area contributed by atoms with Crippen molar-refractivity contribution in [2.24, 2.45) is 5.41 Å². The molecule has 0 aliphatic carbocycles. The summed E-state index contributed by atoms with van der Waals surface area (Å²) < 4.78 is 0. The lowest BCUT2D eigenvalue weighted by molar-refractivity contribution is -0.273. The number of carbonyl (C=O) groups excluding carboxylic acids is 1. The highest BCUT2D eigenvalue weighted by atomic mass is 16.4. The number of rotatable bonds is 0. The Balaban J connectivity index is 2.35. The highest BCUT2D eigenvalue weighted by molar-refractivity contribution is 5.65. The largest absolute Gasteiger partial charge is 0.530 e. The number of piperazine rings is 1. The van der Waals surface area contributed by atoms with Crippen molar-refractivity contribution >= 4 is 6.09 Å². The minimum absolute atomic E-state index is 0.0364. The van der Waals surface area contributed by atoms with Crippen LogP contribution in [0.25, 0.3) is 0 Å². The lowest BCUT2D eigenvalue weighted by Gasteiger charge is -2.49. The zero-order valence-corrected chi connectivity index (χ0v) is 8.96. The summed E-state index contributed by atoms with van der Waals surface area (Å²) in [5.74, 6) is 0. The fourth-order valence-electron chi connectivity index (χ4n) is 2.82. The molecule has 4 heteroatoms. The topological polar surface area (TPSA) is 55.4 Å². The molecule has 2 heterocycles. The van der Waals surface area contributed by atoms with Gasteiger partial charge in [-0.2, -0.15) is 0 Å². The molecule has 80 valence electrons. The summed E-state index contributed by atoms with van der Waals surface area (Å²) in [6.07, 6.45) is -0.103. The molecule has 2 bridgehead atoms. The van der Waals surface area contributed by atoms with Crippen LogP contribution in [-0.2, 0) is 0 Å². The third-order valence-corrected chi connectivity index (χ3v) is 3.80. The second kappa shape index (κ2) is 2.63. The minimum Gasteiger partial charge on any atom is -0.530 e. The molecular weight excluding hydrogens is 180 g/mol. The van der Waals surface area contributed by atoms with Crippen LogP contribution in [0.15, 0.2) is 0 Å². The molecule has 1 amide bonds. The molecule has 2 aliphatic heterocycles. The van der Waals surface area contributed by atoms with Crippen molar-refractivity contribution in [3.8, 4) is 0 Å². The normalized spacial score (nSPS) is 36.5. The Morgan fingerprint density at radius 1 is 1.57 bits per heavy atom. The number of carboxylic acid groups (broad SMARTS) is 1. The summed E-state index contributed by atoms with van der Waals surface area (Å²) in [5.41, 5.74) is -0.290. The Morgan fingerprint density at radius 2 is 2.21 bits per heavy atom. The fraction of sp³-hybridized carbons (Fsp3) is 0.900. The van der Waals surface area contributed by atoms with Gasteiger partial charge in [-0.05, 0) is 11.8 Å². The highest BCUT2D eigenvalue weighted by Crippen LogP contribution is 2.46. The van der Waals surface area contributed by atoms with Crippen LogP contribution in [0.3, 0.4) is 0 Å². The van der Waals surface area contributed by atoms with Crippen molar-refractivity contribution in [1.82, 2.24) is 10.2 Å². The van der Waals surface area contributed by atoms with Crippen molar-refractivity contribution in [2.45, 2.75) is 38.8 Å². The molecule has 2 aliphatic rings. The van der Waals surface area contributed by atoms with E-state index in [2.05, 4.69) is 26.1 Å². The number of carbonyl (C=O) groups is 1. The molecule has 0 aromatic carbocycles. The third kappa shape index (κ3) is 1.06. The number of nitrogens with zero attached hydrogens (tertiary/aromatic N) is 1. The van der Waals surface area contributed by atoms with Gasteiger partial charge >= 0.3 is 0 Å². The van der Waals surface area contributed by atoms with Crippen LogP contribution < -0.4 is 10.4 Å². The maximum absolute atomic E-state index is 11.0. The van der Waals surface area contributed by atoms with Crippen LogP contribution in [0.5, 0.6) is 0 Å². The van der Waals surface area contributed by atoms with E-state index in [0.717, 1.165) is 13.0 Å². The van der Waals surface area contributed by atoms with Gasteiger partial charge in [-0.3, -0.25) is 0 Å². The Kier molecular flexibility index (Phi) is 1.83. The molecule has 1 N–H and O–H groups in total. The average Bonchev–Trinajstić information content (AvgIpc) is 2.58. The lowest BCUT2D eigenvalue weighted by Crippen LogP contribution is -2.63. The first-order chi connectivity index (χ1) is 6.37. The Hall–Kier alpha value is -0.770. The zero-order valence-electron chi connectivity index (χ0n) is 8.96. The van der Waals surface area contributed by atoms with Gasteiger partial charge in [-0.1, -0.05) is 20.8 Å². The second-order valence-electron chi connectivity index (χ2n) is 5.44. The number of likely N-dealkylation sites (tertiary alicyclic amines) is 1. The second-order valence-corrected chi connectivity index (χ2v) is 5.44. The summed E-state index contributed by atoms with van der Waals surface area (Å²) in [6, 6.07) is 0.326. The number of hydrogen-bond acceptors (Lipinski definition) is 3. The SMILES string of the molecule is CC(C)(C)C12CNC(CN1C(=O)[O-])C2. The molecule has 2 fully saturated rings. The van der Waals surface area contributed by atoms with Gasteiger partial charge in [-0.25, -0.2) is 0 Å². The number of amides is 1. The van der Waals surface area contributed by atoms with Crippen molar-refractivity contribution < 1.29 is 9.90 Å². The van der Waals surface area contributed by atoms with Gasteiger partial charge in [0.05, 0.1) is 5.54 Å². The van der Waals surface area contributed by atoms with E-state index in [1.165, 1.54) is 4.90 Å². The number of nitrogens with one attached hydrogen (secondary N) is 1. The van der Waals surface area contributed by atoms with Gasteiger partial charge in [0.2, 0.25) is 0 Å². The summed E-state index contributed by atoms with van der Waals surface area (Å²) in [7, 11) is 0. The Morgan fingerprint density at radius 3 is 2.57 bits per heavy atom. The zero-order chi connectivity index (χ0) is 10.6. The van der Waals surface area contributed by atoms with E-state index in [1.807, 2.05) is 0 Å². The van der Waals surface area contributed by atoms with Crippen LogP contribution in [0, 0.1) is 5.41 Å². The van der Waals surface area contributed by atoms with Crippen molar-refractivity contribution in [3.05, 3.63) is 0 Å². The van der Waals surface area contributed by atoms with E-state index >= 15 is 0 Å². The number of hydrogen-bond donors (Lipinski definition) is 1. The quantitative estimate of drug-likeness (QED) is 0.584. The van der Waals surface area contributed by atoms with Gasteiger partial charge in [0.25, 0.3) is 0 Å². The summed E-state index contributed by atoms with van der Waals surface area (Å²) in [5, 5.41) is 14.4. The smallest absolute Gasteiger partial charge is 0.137 e. The Labute approximate surface area is 84.3 Å². The molecule has 0 aromatic heterocycles.